The van der Waals surface area contributed by atoms with E-state index in [-0.39, 0.29) is 5.91 Å². The molecule has 1 saturated heterocycles. The van der Waals surface area contributed by atoms with Gasteiger partial charge in [-0.15, -0.1) is 0 Å². The number of rotatable bonds is 6. The van der Waals surface area contributed by atoms with Crippen molar-refractivity contribution in [3.8, 4) is 5.75 Å². The maximum Gasteiger partial charge on any atom is 0.236 e. The first-order valence-corrected chi connectivity index (χ1v) is 10.2. The first-order valence-electron chi connectivity index (χ1n) is 10.2. The van der Waals surface area contributed by atoms with Gasteiger partial charge in [-0.2, -0.15) is 0 Å². The molecule has 1 aliphatic heterocycles. The Balaban J connectivity index is 1.41. The summed E-state index contributed by atoms with van der Waals surface area (Å²) in [6.45, 7) is 2.06. The molecule has 1 amide bonds. The summed E-state index contributed by atoms with van der Waals surface area (Å²) < 4.78 is 7.46. The predicted molar refractivity (Wildman–Crippen MR) is 116 cm³/mol. The summed E-state index contributed by atoms with van der Waals surface area (Å²) >= 11 is 0. The fraction of sp³-hybridized carbons (Fsp3) is 0.375. The number of methoxy groups -OCH3 is 1. The van der Waals surface area contributed by atoms with Crippen LogP contribution in [0.25, 0.3) is 10.8 Å². The molecule has 1 fully saturated rings. The zero-order valence-corrected chi connectivity index (χ0v) is 17.5. The van der Waals surface area contributed by atoms with E-state index in [1.807, 2.05) is 24.1 Å². The van der Waals surface area contributed by atoms with Crippen LogP contribution in [0.1, 0.15) is 30.1 Å². The Hall–Kier alpha value is -2.79. The summed E-state index contributed by atoms with van der Waals surface area (Å²) in [6.07, 6.45) is 4.33. The van der Waals surface area contributed by atoms with Crippen molar-refractivity contribution in [2.45, 2.75) is 25.4 Å². The van der Waals surface area contributed by atoms with Gasteiger partial charge >= 0.3 is 0 Å². The van der Waals surface area contributed by atoms with Crippen LogP contribution in [0.2, 0.25) is 0 Å². The number of likely N-dealkylation sites (N-methyl/N-ethyl adjacent to an activating group) is 1. The predicted octanol–water partition coefficient (Wildman–Crippen LogP) is 3.98. The van der Waals surface area contributed by atoms with Crippen molar-refractivity contribution in [3.05, 3.63) is 66.0 Å². The number of hydrogen-bond acceptors (Lipinski definition) is 3. The van der Waals surface area contributed by atoms with E-state index in [1.54, 1.807) is 7.11 Å². The van der Waals surface area contributed by atoms with Crippen LogP contribution in [-0.4, -0.2) is 47.5 Å². The fourth-order valence-electron chi connectivity index (χ4n) is 4.33. The molecule has 5 heteroatoms. The van der Waals surface area contributed by atoms with E-state index in [0.29, 0.717) is 19.1 Å². The van der Waals surface area contributed by atoms with E-state index >= 15 is 0 Å². The molecule has 4 rings (SSSR count). The molecule has 0 N–H and O–H groups in total. The summed E-state index contributed by atoms with van der Waals surface area (Å²) in [5.41, 5.74) is 2.43. The Morgan fingerprint density at radius 1 is 1.17 bits per heavy atom. The van der Waals surface area contributed by atoms with Crippen LogP contribution < -0.4 is 4.74 Å². The molecule has 0 spiro atoms. The molecule has 152 valence electrons. The number of nitrogens with zero attached hydrogens (tertiary/aromatic N) is 3. The molecule has 2 aromatic carbocycles. The minimum atomic E-state index is 0.168. The quantitative estimate of drug-likeness (QED) is 0.638. The van der Waals surface area contributed by atoms with Gasteiger partial charge in [0.05, 0.1) is 19.7 Å². The number of aryl methyl sites for hydroxylation is 1. The molecule has 0 radical (unpaired) electrons. The number of ether oxygens (including phenoxy) is 1. The average molecular weight is 392 g/mol. The number of carbonyl (C=O) groups excluding carboxylic acids is 1. The smallest absolute Gasteiger partial charge is 0.236 e. The molecule has 1 aromatic heterocycles. The number of amides is 1. The van der Waals surface area contributed by atoms with Gasteiger partial charge in [0, 0.05) is 32.5 Å². The summed E-state index contributed by atoms with van der Waals surface area (Å²) in [7, 11) is 5.65. The Morgan fingerprint density at radius 3 is 2.72 bits per heavy atom. The van der Waals surface area contributed by atoms with Crippen LogP contribution in [0.3, 0.4) is 0 Å². The summed E-state index contributed by atoms with van der Waals surface area (Å²) in [5.74, 6) is 1.02. The van der Waals surface area contributed by atoms with Crippen molar-refractivity contribution < 1.29 is 9.53 Å². The van der Waals surface area contributed by atoms with E-state index in [0.717, 1.165) is 41.5 Å². The number of fused-ring (bicyclic) bond motifs is 1. The number of carbonyl (C=O) groups is 1. The lowest BCUT2D eigenvalue weighted by Gasteiger charge is -2.27. The van der Waals surface area contributed by atoms with Crippen LogP contribution in [0, 0.1) is 0 Å². The van der Waals surface area contributed by atoms with Crippen LogP contribution in [0.5, 0.6) is 5.75 Å². The molecule has 0 aliphatic carbocycles. The standard InChI is InChI=1S/C24H29N3O2/c1-25-12-4-6-22(25)23-7-5-13-27(23)17-24(28)26(2)16-18-8-9-20-15-21(29-3)11-10-19(20)14-18/h4,6,8-12,14-15,23H,5,7,13,16-17H2,1-3H3. The maximum atomic E-state index is 12.9. The van der Waals surface area contributed by atoms with Gasteiger partial charge in [0.15, 0.2) is 0 Å². The average Bonchev–Trinajstić information content (AvgIpc) is 3.35. The normalized spacial score (nSPS) is 17.0. The third-order valence-corrected chi connectivity index (χ3v) is 5.98. The van der Waals surface area contributed by atoms with Gasteiger partial charge in [-0.1, -0.05) is 18.2 Å². The number of hydrogen-bond donors (Lipinski definition) is 0. The first-order chi connectivity index (χ1) is 14.0. The molecule has 5 nitrogen and oxygen atoms in total. The Labute approximate surface area is 172 Å². The molecule has 1 unspecified atom stereocenters. The van der Waals surface area contributed by atoms with E-state index in [2.05, 4.69) is 59.1 Å². The highest BCUT2D eigenvalue weighted by Gasteiger charge is 2.29. The van der Waals surface area contributed by atoms with Gasteiger partial charge < -0.3 is 14.2 Å². The molecule has 2 heterocycles. The molecule has 0 bridgehead atoms. The summed E-state index contributed by atoms with van der Waals surface area (Å²) in [5, 5.41) is 2.30. The zero-order valence-electron chi connectivity index (χ0n) is 17.5. The van der Waals surface area contributed by atoms with Gasteiger partial charge in [-0.25, -0.2) is 0 Å². The summed E-state index contributed by atoms with van der Waals surface area (Å²) in [4.78, 5) is 17.1. The highest BCUT2D eigenvalue weighted by molar-refractivity contribution is 5.84. The Kier molecular flexibility index (Phi) is 5.58. The second-order valence-electron chi connectivity index (χ2n) is 7.97. The minimum absolute atomic E-state index is 0.168. The second kappa shape index (κ2) is 8.29. The molecule has 1 aliphatic rings. The topological polar surface area (TPSA) is 37.7 Å². The molecular formula is C24H29N3O2. The van der Waals surface area contributed by atoms with E-state index < -0.39 is 0 Å². The molecule has 3 aromatic rings. The first kappa shape index (κ1) is 19.5. The Bertz CT molecular complexity index is 1010. The van der Waals surface area contributed by atoms with E-state index in [4.69, 9.17) is 4.74 Å². The molecule has 1 atom stereocenters. The van der Waals surface area contributed by atoms with Crippen LogP contribution in [0.15, 0.2) is 54.7 Å². The maximum absolute atomic E-state index is 12.9. The molecule has 29 heavy (non-hydrogen) atoms. The third kappa shape index (κ3) is 4.15. The highest BCUT2D eigenvalue weighted by atomic mass is 16.5. The highest BCUT2D eigenvalue weighted by Crippen LogP contribution is 2.31. The van der Waals surface area contributed by atoms with Crippen molar-refractivity contribution in [2.24, 2.45) is 7.05 Å². The lowest BCUT2D eigenvalue weighted by atomic mass is 10.1. The van der Waals surface area contributed by atoms with Crippen LogP contribution in [-0.2, 0) is 18.4 Å². The zero-order chi connectivity index (χ0) is 20.4. The Morgan fingerprint density at radius 2 is 1.97 bits per heavy atom. The lowest BCUT2D eigenvalue weighted by Crippen LogP contribution is -2.38. The SMILES string of the molecule is COc1ccc2cc(CN(C)C(=O)CN3CCCC3c3cccn3C)ccc2c1. The van der Waals surface area contributed by atoms with Crippen molar-refractivity contribution in [3.63, 3.8) is 0 Å². The fourth-order valence-corrected chi connectivity index (χ4v) is 4.33. The second-order valence-corrected chi connectivity index (χ2v) is 7.97. The van der Waals surface area contributed by atoms with Crippen LogP contribution in [0.4, 0.5) is 0 Å². The van der Waals surface area contributed by atoms with Gasteiger partial charge in [0.1, 0.15) is 5.75 Å². The third-order valence-electron chi connectivity index (χ3n) is 5.98. The summed E-state index contributed by atoms with van der Waals surface area (Å²) in [6, 6.07) is 17.0. The number of aromatic nitrogens is 1. The number of likely N-dealkylation sites (tertiary alicyclic amines) is 1. The number of benzene rings is 2. The van der Waals surface area contributed by atoms with Crippen LogP contribution >= 0.6 is 0 Å². The molecule has 0 saturated carbocycles. The van der Waals surface area contributed by atoms with Gasteiger partial charge in [0.2, 0.25) is 5.91 Å². The lowest BCUT2D eigenvalue weighted by molar-refractivity contribution is -0.131. The van der Waals surface area contributed by atoms with Crippen molar-refractivity contribution in [1.82, 2.24) is 14.4 Å². The molecular weight excluding hydrogens is 362 g/mol. The van der Waals surface area contributed by atoms with E-state index in [9.17, 15) is 4.79 Å². The minimum Gasteiger partial charge on any atom is -0.497 e. The van der Waals surface area contributed by atoms with Gasteiger partial charge in [-0.3, -0.25) is 9.69 Å². The van der Waals surface area contributed by atoms with Gasteiger partial charge in [0.25, 0.3) is 0 Å². The van der Waals surface area contributed by atoms with E-state index in [1.165, 1.54) is 5.69 Å². The van der Waals surface area contributed by atoms with Crippen molar-refractivity contribution >= 4 is 16.7 Å². The largest absolute Gasteiger partial charge is 0.497 e. The van der Waals surface area contributed by atoms with Gasteiger partial charge in [-0.05, 0) is 66.1 Å². The monoisotopic (exact) mass is 391 g/mol. The van der Waals surface area contributed by atoms with Crippen molar-refractivity contribution in [2.75, 3.05) is 27.2 Å². The van der Waals surface area contributed by atoms with Crippen molar-refractivity contribution in [1.29, 1.82) is 0 Å².